The Morgan fingerprint density at radius 2 is 2.44 bits per heavy atom. The number of amides is 1. The van der Waals surface area contributed by atoms with E-state index < -0.39 is 0 Å². The van der Waals surface area contributed by atoms with Crippen molar-refractivity contribution in [1.82, 2.24) is 10.3 Å². The standard InChI is InChI=1S/C11H17N3O2/c1-16-11-9(4-2-7-14-11)8-13-6-3-5-10(12)15/h2,4,7,13H,3,5-6,8H2,1H3,(H2,12,15). The predicted octanol–water partition coefficient (Wildman–Crippen LogP) is 0.445. The summed E-state index contributed by atoms with van der Waals surface area (Å²) >= 11 is 0. The van der Waals surface area contributed by atoms with Gasteiger partial charge in [-0.1, -0.05) is 6.07 Å². The summed E-state index contributed by atoms with van der Waals surface area (Å²) in [7, 11) is 1.60. The second-order valence-electron chi connectivity index (χ2n) is 3.42. The summed E-state index contributed by atoms with van der Waals surface area (Å²) in [5, 5.41) is 3.20. The number of methoxy groups -OCH3 is 1. The summed E-state index contributed by atoms with van der Waals surface area (Å²) in [6.45, 7) is 1.43. The second-order valence-corrected chi connectivity index (χ2v) is 3.42. The van der Waals surface area contributed by atoms with Gasteiger partial charge in [0, 0.05) is 24.7 Å². The topological polar surface area (TPSA) is 77.2 Å². The van der Waals surface area contributed by atoms with Crippen LogP contribution in [-0.4, -0.2) is 24.5 Å². The van der Waals surface area contributed by atoms with Crippen LogP contribution in [0, 0.1) is 0 Å². The van der Waals surface area contributed by atoms with E-state index in [0.29, 0.717) is 18.8 Å². The van der Waals surface area contributed by atoms with E-state index in [2.05, 4.69) is 10.3 Å². The molecule has 1 rings (SSSR count). The van der Waals surface area contributed by atoms with Crippen molar-refractivity contribution in [2.24, 2.45) is 5.73 Å². The minimum Gasteiger partial charge on any atom is -0.481 e. The smallest absolute Gasteiger partial charge is 0.217 e. The number of pyridine rings is 1. The summed E-state index contributed by atoms with van der Waals surface area (Å²) in [5.74, 6) is 0.366. The molecule has 88 valence electrons. The Balaban J connectivity index is 2.28. The van der Waals surface area contributed by atoms with Crippen molar-refractivity contribution in [1.29, 1.82) is 0 Å². The van der Waals surface area contributed by atoms with Gasteiger partial charge < -0.3 is 15.8 Å². The van der Waals surface area contributed by atoms with Crippen LogP contribution < -0.4 is 15.8 Å². The molecule has 1 amide bonds. The van der Waals surface area contributed by atoms with Crippen LogP contribution in [-0.2, 0) is 11.3 Å². The lowest BCUT2D eigenvalue weighted by Gasteiger charge is -2.07. The number of nitrogens with one attached hydrogen (secondary N) is 1. The maximum absolute atomic E-state index is 10.5. The molecule has 0 radical (unpaired) electrons. The van der Waals surface area contributed by atoms with Crippen molar-refractivity contribution in [3.63, 3.8) is 0 Å². The Hall–Kier alpha value is -1.62. The lowest BCUT2D eigenvalue weighted by Crippen LogP contribution is -2.18. The third kappa shape index (κ3) is 4.27. The minimum absolute atomic E-state index is 0.263. The van der Waals surface area contributed by atoms with E-state index in [-0.39, 0.29) is 5.91 Å². The van der Waals surface area contributed by atoms with Crippen LogP contribution in [0.15, 0.2) is 18.3 Å². The molecule has 16 heavy (non-hydrogen) atoms. The Kier molecular flexibility index (Phi) is 5.28. The second kappa shape index (κ2) is 6.79. The van der Waals surface area contributed by atoms with Crippen LogP contribution in [0.2, 0.25) is 0 Å². The number of carbonyl (C=O) groups is 1. The monoisotopic (exact) mass is 223 g/mol. The molecule has 1 aromatic rings. The zero-order valence-corrected chi connectivity index (χ0v) is 9.40. The fraction of sp³-hybridized carbons (Fsp3) is 0.455. The number of primary amides is 1. The summed E-state index contributed by atoms with van der Waals surface area (Å²) in [5.41, 5.74) is 6.04. The first-order valence-corrected chi connectivity index (χ1v) is 5.21. The number of aromatic nitrogens is 1. The molecule has 0 fully saturated rings. The number of hydrogen-bond donors (Lipinski definition) is 2. The van der Waals surface area contributed by atoms with Gasteiger partial charge in [-0.2, -0.15) is 0 Å². The maximum atomic E-state index is 10.5. The van der Waals surface area contributed by atoms with Gasteiger partial charge in [-0.25, -0.2) is 4.98 Å². The van der Waals surface area contributed by atoms with Crippen LogP contribution in [0.5, 0.6) is 5.88 Å². The third-order valence-corrected chi connectivity index (χ3v) is 2.14. The van der Waals surface area contributed by atoms with Gasteiger partial charge in [0.25, 0.3) is 0 Å². The van der Waals surface area contributed by atoms with E-state index >= 15 is 0 Å². The summed E-state index contributed by atoms with van der Waals surface area (Å²) < 4.78 is 5.12. The molecule has 1 aromatic heterocycles. The highest BCUT2D eigenvalue weighted by Crippen LogP contribution is 2.12. The summed E-state index contributed by atoms with van der Waals surface area (Å²) in [4.78, 5) is 14.6. The molecule has 0 aromatic carbocycles. The van der Waals surface area contributed by atoms with Gasteiger partial charge in [-0.3, -0.25) is 4.79 Å². The van der Waals surface area contributed by atoms with Gasteiger partial charge in [0.2, 0.25) is 11.8 Å². The number of ether oxygens (including phenoxy) is 1. The van der Waals surface area contributed by atoms with Crippen LogP contribution in [0.25, 0.3) is 0 Å². The molecular formula is C11H17N3O2. The van der Waals surface area contributed by atoms with Crippen LogP contribution in [0.1, 0.15) is 18.4 Å². The Morgan fingerprint density at radius 1 is 1.62 bits per heavy atom. The van der Waals surface area contributed by atoms with Gasteiger partial charge in [0.1, 0.15) is 0 Å². The quantitative estimate of drug-likeness (QED) is 0.658. The summed E-state index contributed by atoms with van der Waals surface area (Å²) in [6, 6.07) is 3.82. The first-order valence-electron chi connectivity index (χ1n) is 5.21. The molecule has 0 atom stereocenters. The Bertz CT molecular complexity index is 342. The van der Waals surface area contributed by atoms with Crippen molar-refractivity contribution in [3.8, 4) is 5.88 Å². The molecule has 5 nitrogen and oxygen atoms in total. The lowest BCUT2D eigenvalue weighted by molar-refractivity contribution is -0.118. The van der Waals surface area contributed by atoms with Gasteiger partial charge in [-0.15, -0.1) is 0 Å². The number of rotatable bonds is 7. The molecule has 1 heterocycles. The number of carbonyl (C=O) groups excluding carboxylic acids is 1. The van der Waals surface area contributed by atoms with Crippen molar-refractivity contribution >= 4 is 5.91 Å². The highest BCUT2D eigenvalue weighted by Gasteiger charge is 2.02. The van der Waals surface area contributed by atoms with E-state index in [1.54, 1.807) is 13.3 Å². The number of hydrogen-bond acceptors (Lipinski definition) is 4. The zero-order valence-electron chi connectivity index (χ0n) is 9.40. The highest BCUT2D eigenvalue weighted by atomic mass is 16.5. The van der Waals surface area contributed by atoms with Crippen molar-refractivity contribution in [2.45, 2.75) is 19.4 Å². The molecule has 0 aliphatic heterocycles. The first-order chi connectivity index (χ1) is 7.74. The SMILES string of the molecule is COc1ncccc1CNCCCC(N)=O. The molecule has 0 spiro atoms. The lowest BCUT2D eigenvalue weighted by atomic mass is 10.2. The van der Waals surface area contributed by atoms with E-state index in [4.69, 9.17) is 10.5 Å². The normalized spacial score (nSPS) is 10.1. The fourth-order valence-electron chi connectivity index (χ4n) is 1.35. The number of nitrogens with two attached hydrogens (primary N) is 1. The average Bonchev–Trinajstić information content (AvgIpc) is 2.29. The van der Waals surface area contributed by atoms with E-state index in [0.717, 1.165) is 18.5 Å². The van der Waals surface area contributed by atoms with Crippen molar-refractivity contribution in [3.05, 3.63) is 23.9 Å². The van der Waals surface area contributed by atoms with Gasteiger partial charge >= 0.3 is 0 Å². The van der Waals surface area contributed by atoms with Crippen LogP contribution in [0.3, 0.4) is 0 Å². The average molecular weight is 223 g/mol. The highest BCUT2D eigenvalue weighted by molar-refractivity contribution is 5.73. The molecule has 0 saturated carbocycles. The molecule has 0 aliphatic carbocycles. The van der Waals surface area contributed by atoms with Gasteiger partial charge in [0.05, 0.1) is 7.11 Å². The van der Waals surface area contributed by atoms with E-state index in [1.807, 2.05) is 12.1 Å². The van der Waals surface area contributed by atoms with Gasteiger partial charge in [-0.05, 0) is 19.0 Å². The maximum Gasteiger partial charge on any atom is 0.217 e. The number of nitrogens with zero attached hydrogens (tertiary/aromatic N) is 1. The predicted molar refractivity (Wildman–Crippen MR) is 60.9 cm³/mol. The Morgan fingerprint density at radius 3 is 3.12 bits per heavy atom. The third-order valence-electron chi connectivity index (χ3n) is 2.14. The van der Waals surface area contributed by atoms with Crippen molar-refractivity contribution in [2.75, 3.05) is 13.7 Å². The zero-order chi connectivity index (χ0) is 11.8. The molecule has 3 N–H and O–H groups in total. The van der Waals surface area contributed by atoms with Crippen molar-refractivity contribution < 1.29 is 9.53 Å². The first kappa shape index (κ1) is 12.4. The fourth-order valence-corrected chi connectivity index (χ4v) is 1.35. The minimum atomic E-state index is -0.263. The van der Waals surface area contributed by atoms with E-state index in [9.17, 15) is 4.79 Å². The van der Waals surface area contributed by atoms with E-state index in [1.165, 1.54) is 0 Å². The molecule has 5 heteroatoms. The molecule has 0 saturated heterocycles. The Labute approximate surface area is 95.0 Å². The molecular weight excluding hydrogens is 206 g/mol. The van der Waals surface area contributed by atoms with Crippen LogP contribution in [0.4, 0.5) is 0 Å². The summed E-state index contributed by atoms with van der Waals surface area (Å²) in [6.07, 6.45) is 2.85. The molecule has 0 bridgehead atoms. The molecule has 0 aliphatic rings. The molecule has 0 unspecified atom stereocenters. The van der Waals surface area contributed by atoms with Gasteiger partial charge in [0.15, 0.2) is 0 Å². The van der Waals surface area contributed by atoms with Crippen LogP contribution >= 0.6 is 0 Å². The largest absolute Gasteiger partial charge is 0.481 e.